The normalized spacial score (nSPS) is 12.5. The minimum absolute atomic E-state index is 0.214. The number of para-hydroxylation sites is 1. The lowest BCUT2D eigenvalue weighted by Crippen LogP contribution is -2.39. The van der Waals surface area contributed by atoms with Gasteiger partial charge in [0, 0.05) is 17.3 Å². The maximum absolute atomic E-state index is 11.8. The summed E-state index contributed by atoms with van der Waals surface area (Å²) in [4.78, 5) is 12.9. The summed E-state index contributed by atoms with van der Waals surface area (Å²) >= 11 is 1.71. The predicted molar refractivity (Wildman–Crippen MR) is 75.9 cm³/mol. The molecular weight excluding hydrogens is 248 g/mol. The summed E-state index contributed by atoms with van der Waals surface area (Å²) in [5.41, 5.74) is 6.48. The molecule has 1 aromatic rings. The zero-order valence-corrected chi connectivity index (χ0v) is 11.8. The molecule has 0 bridgehead atoms. The number of thioether (sulfide) groups is 1. The van der Waals surface area contributed by atoms with Gasteiger partial charge in [0.05, 0.1) is 12.3 Å². The van der Waals surface area contributed by atoms with E-state index in [0.29, 0.717) is 5.25 Å². The third kappa shape index (κ3) is 4.68. The molecular formula is C13H20N2O2S. The number of hydrogen-bond donors (Lipinski definition) is 2. The van der Waals surface area contributed by atoms with Crippen molar-refractivity contribution in [2.75, 3.05) is 19.0 Å². The zero-order chi connectivity index (χ0) is 13.5. The molecule has 0 radical (unpaired) electrons. The monoisotopic (exact) mass is 268 g/mol. The fourth-order valence-electron chi connectivity index (χ4n) is 1.41. The molecule has 0 saturated heterocycles. The number of hydrogen-bond acceptors (Lipinski definition) is 4. The van der Waals surface area contributed by atoms with Crippen molar-refractivity contribution in [1.29, 1.82) is 0 Å². The number of carbonyl (C=O) groups excluding carboxylic acids is 1. The molecule has 0 aliphatic heterocycles. The maximum Gasteiger partial charge on any atom is 0.243 e. The third-order valence-electron chi connectivity index (χ3n) is 2.19. The molecule has 0 aliphatic carbocycles. The van der Waals surface area contributed by atoms with Gasteiger partial charge in [-0.05, 0) is 12.1 Å². The van der Waals surface area contributed by atoms with E-state index in [1.165, 1.54) is 7.11 Å². The topological polar surface area (TPSA) is 64.3 Å². The standard InChI is InChI=1S/C13H20N2O2S/c1-9(2)18-12-7-5-4-6-11(12)15-13(16)10(14)8-17-3/h4-7,9-10H,8,14H2,1-3H3,(H,15,16). The molecule has 0 fully saturated rings. The Morgan fingerprint density at radius 2 is 2.11 bits per heavy atom. The molecule has 0 saturated carbocycles. The Balaban J connectivity index is 2.74. The smallest absolute Gasteiger partial charge is 0.243 e. The number of ether oxygens (including phenoxy) is 1. The van der Waals surface area contributed by atoms with Crippen molar-refractivity contribution >= 4 is 23.4 Å². The highest BCUT2D eigenvalue weighted by Gasteiger charge is 2.15. The highest BCUT2D eigenvalue weighted by Crippen LogP contribution is 2.30. The SMILES string of the molecule is COCC(N)C(=O)Nc1ccccc1SC(C)C. The average molecular weight is 268 g/mol. The van der Waals surface area contributed by atoms with Crippen molar-refractivity contribution in [3.05, 3.63) is 24.3 Å². The number of rotatable bonds is 6. The molecule has 1 aromatic carbocycles. The summed E-state index contributed by atoms with van der Waals surface area (Å²) in [5.74, 6) is -0.228. The van der Waals surface area contributed by atoms with Crippen LogP contribution in [0.4, 0.5) is 5.69 Å². The van der Waals surface area contributed by atoms with Crippen LogP contribution in [0, 0.1) is 0 Å². The highest BCUT2D eigenvalue weighted by atomic mass is 32.2. The molecule has 3 N–H and O–H groups in total. The molecule has 1 rings (SSSR count). The summed E-state index contributed by atoms with van der Waals surface area (Å²) in [6, 6.07) is 7.06. The van der Waals surface area contributed by atoms with Crippen LogP contribution in [0.3, 0.4) is 0 Å². The number of amides is 1. The second kappa shape index (κ2) is 7.41. The molecule has 1 atom stereocenters. The first-order valence-corrected chi connectivity index (χ1v) is 6.73. The van der Waals surface area contributed by atoms with E-state index in [1.54, 1.807) is 11.8 Å². The van der Waals surface area contributed by atoms with Gasteiger partial charge in [0.2, 0.25) is 5.91 Å². The lowest BCUT2D eigenvalue weighted by molar-refractivity contribution is -0.118. The Morgan fingerprint density at radius 1 is 1.44 bits per heavy atom. The molecule has 1 unspecified atom stereocenters. The van der Waals surface area contributed by atoms with Gasteiger partial charge < -0.3 is 15.8 Å². The lowest BCUT2D eigenvalue weighted by atomic mass is 10.2. The molecule has 4 nitrogen and oxygen atoms in total. The van der Waals surface area contributed by atoms with Crippen molar-refractivity contribution in [1.82, 2.24) is 0 Å². The van der Waals surface area contributed by atoms with Crippen LogP contribution in [-0.4, -0.2) is 30.9 Å². The summed E-state index contributed by atoms with van der Waals surface area (Å²) in [6.45, 7) is 4.44. The van der Waals surface area contributed by atoms with E-state index in [-0.39, 0.29) is 12.5 Å². The van der Waals surface area contributed by atoms with E-state index in [0.717, 1.165) is 10.6 Å². The van der Waals surface area contributed by atoms with Crippen LogP contribution in [0.5, 0.6) is 0 Å². The first-order valence-electron chi connectivity index (χ1n) is 5.85. The lowest BCUT2D eigenvalue weighted by Gasteiger charge is -2.15. The van der Waals surface area contributed by atoms with Gasteiger partial charge >= 0.3 is 0 Å². The van der Waals surface area contributed by atoms with Gasteiger partial charge in [-0.1, -0.05) is 26.0 Å². The van der Waals surface area contributed by atoms with Gasteiger partial charge in [0.15, 0.2) is 0 Å². The van der Waals surface area contributed by atoms with E-state index >= 15 is 0 Å². The fourth-order valence-corrected chi connectivity index (χ4v) is 2.32. The van der Waals surface area contributed by atoms with Crippen LogP contribution in [0.25, 0.3) is 0 Å². The van der Waals surface area contributed by atoms with Gasteiger partial charge in [-0.25, -0.2) is 0 Å². The first kappa shape index (κ1) is 15.0. The maximum atomic E-state index is 11.8. The van der Waals surface area contributed by atoms with E-state index < -0.39 is 6.04 Å². The molecule has 100 valence electrons. The quantitative estimate of drug-likeness (QED) is 0.776. The number of nitrogens with one attached hydrogen (secondary N) is 1. The third-order valence-corrected chi connectivity index (χ3v) is 3.27. The molecule has 0 aliphatic rings. The van der Waals surface area contributed by atoms with Crippen molar-refractivity contribution in [3.63, 3.8) is 0 Å². The van der Waals surface area contributed by atoms with Crippen LogP contribution in [0.1, 0.15) is 13.8 Å². The second-order valence-corrected chi connectivity index (χ2v) is 5.83. The minimum Gasteiger partial charge on any atom is -0.383 e. The Hall–Kier alpha value is -1.04. The Kier molecular flexibility index (Phi) is 6.18. The number of anilines is 1. The Morgan fingerprint density at radius 3 is 2.72 bits per heavy atom. The van der Waals surface area contributed by atoms with Crippen molar-refractivity contribution in [2.24, 2.45) is 5.73 Å². The molecule has 18 heavy (non-hydrogen) atoms. The summed E-state index contributed by atoms with van der Waals surface area (Å²) in [5, 5.41) is 3.29. The summed E-state index contributed by atoms with van der Waals surface area (Å²) < 4.78 is 4.87. The molecule has 0 aromatic heterocycles. The van der Waals surface area contributed by atoms with Gasteiger partial charge in [0.1, 0.15) is 6.04 Å². The van der Waals surface area contributed by atoms with Gasteiger partial charge in [0.25, 0.3) is 0 Å². The van der Waals surface area contributed by atoms with Crippen molar-refractivity contribution in [3.8, 4) is 0 Å². The number of benzene rings is 1. The summed E-state index contributed by atoms with van der Waals surface area (Å²) in [6.07, 6.45) is 0. The van der Waals surface area contributed by atoms with Crippen LogP contribution < -0.4 is 11.1 Å². The molecule has 5 heteroatoms. The van der Waals surface area contributed by atoms with Crippen LogP contribution >= 0.6 is 11.8 Å². The van der Waals surface area contributed by atoms with Gasteiger partial charge in [-0.2, -0.15) is 0 Å². The van der Waals surface area contributed by atoms with E-state index in [1.807, 2.05) is 24.3 Å². The predicted octanol–water partition coefficient (Wildman–Crippen LogP) is 2.10. The summed E-state index contributed by atoms with van der Waals surface area (Å²) in [7, 11) is 1.52. The first-order chi connectivity index (χ1) is 8.54. The second-order valence-electron chi connectivity index (χ2n) is 4.21. The molecule has 0 heterocycles. The Labute approximate surface area is 112 Å². The van der Waals surface area contributed by atoms with Crippen LogP contribution in [0.2, 0.25) is 0 Å². The zero-order valence-electron chi connectivity index (χ0n) is 11.0. The molecule has 1 amide bonds. The van der Waals surface area contributed by atoms with Gasteiger partial charge in [-0.3, -0.25) is 4.79 Å². The number of carbonyl (C=O) groups is 1. The highest BCUT2D eigenvalue weighted by molar-refractivity contribution is 8.00. The van der Waals surface area contributed by atoms with Crippen molar-refractivity contribution in [2.45, 2.75) is 30.0 Å². The Bertz CT molecular complexity index is 396. The largest absolute Gasteiger partial charge is 0.383 e. The van der Waals surface area contributed by atoms with E-state index in [9.17, 15) is 4.79 Å². The average Bonchev–Trinajstić information content (AvgIpc) is 2.31. The fraction of sp³-hybridized carbons (Fsp3) is 0.462. The molecule has 0 spiro atoms. The van der Waals surface area contributed by atoms with Crippen LogP contribution in [0.15, 0.2) is 29.2 Å². The number of methoxy groups -OCH3 is 1. The van der Waals surface area contributed by atoms with E-state index in [2.05, 4.69) is 19.2 Å². The van der Waals surface area contributed by atoms with Gasteiger partial charge in [-0.15, -0.1) is 11.8 Å². The van der Waals surface area contributed by atoms with Crippen molar-refractivity contribution < 1.29 is 9.53 Å². The van der Waals surface area contributed by atoms with Crippen LogP contribution in [-0.2, 0) is 9.53 Å². The minimum atomic E-state index is -0.646. The van der Waals surface area contributed by atoms with E-state index in [4.69, 9.17) is 10.5 Å². The number of nitrogens with two attached hydrogens (primary N) is 1.